The van der Waals surface area contributed by atoms with Gasteiger partial charge in [-0.2, -0.15) is 0 Å². The number of piperidine rings is 1. The second-order valence-electron chi connectivity index (χ2n) is 6.76. The summed E-state index contributed by atoms with van der Waals surface area (Å²) < 4.78 is 0. The van der Waals surface area contributed by atoms with Crippen LogP contribution in [0.25, 0.3) is 0 Å². The lowest BCUT2D eigenvalue weighted by Gasteiger charge is -2.40. The Balaban J connectivity index is 1.71. The molecule has 2 aliphatic heterocycles. The highest BCUT2D eigenvalue weighted by atomic mass is 16.3. The van der Waals surface area contributed by atoms with Gasteiger partial charge in [0, 0.05) is 38.6 Å². The van der Waals surface area contributed by atoms with Gasteiger partial charge in [0.1, 0.15) is 0 Å². The van der Waals surface area contributed by atoms with Crippen molar-refractivity contribution in [1.82, 2.24) is 15.1 Å². The molecule has 0 radical (unpaired) electrons. The highest BCUT2D eigenvalue weighted by molar-refractivity contribution is 5.76. The van der Waals surface area contributed by atoms with E-state index < -0.39 is 0 Å². The van der Waals surface area contributed by atoms with Crippen molar-refractivity contribution in [3.8, 4) is 0 Å². The van der Waals surface area contributed by atoms with Crippen molar-refractivity contribution in [3.63, 3.8) is 0 Å². The Bertz CT molecular complexity index is 329. The summed E-state index contributed by atoms with van der Waals surface area (Å²) in [6, 6.07) is 0.344. The second-order valence-corrected chi connectivity index (χ2v) is 6.76. The molecule has 2 aliphatic rings. The van der Waals surface area contributed by atoms with Crippen LogP contribution in [0.2, 0.25) is 0 Å². The topological polar surface area (TPSA) is 55.8 Å². The van der Waals surface area contributed by atoms with Crippen LogP contribution in [-0.2, 0) is 4.79 Å². The highest BCUT2D eigenvalue weighted by Gasteiger charge is 2.27. The average Bonchev–Trinajstić information content (AvgIpc) is 2.47. The van der Waals surface area contributed by atoms with Crippen molar-refractivity contribution in [3.05, 3.63) is 0 Å². The molecular formula is C16H31N3O2. The molecule has 2 N–H and O–H groups in total. The first-order chi connectivity index (χ1) is 10.1. The number of nitrogens with one attached hydrogen (secondary N) is 1. The quantitative estimate of drug-likeness (QED) is 0.783. The number of β-amino-alcohol motifs (C(OH)–C–C–N with tert-alkyl or cyclic N) is 1. The molecule has 0 aromatic carbocycles. The van der Waals surface area contributed by atoms with Crippen LogP contribution < -0.4 is 5.32 Å². The van der Waals surface area contributed by atoms with E-state index in [0.717, 1.165) is 45.1 Å². The number of rotatable bonds is 5. The van der Waals surface area contributed by atoms with Crippen LogP contribution in [0.15, 0.2) is 0 Å². The zero-order valence-corrected chi connectivity index (χ0v) is 13.6. The molecule has 0 saturated carbocycles. The Morgan fingerprint density at radius 1 is 1.33 bits per heavy atom. The van der Waals surface area contributed by atoms with E-state index in [1.807, 2.05) is 11.8 Å². The van der Waals surface area contributed by atoms with Crippen LogP contribution >= 0.6 is 0 Å². The molecular weight excluding hydrogens is 266 g/mol. The van der Waals surface area contributed by atoms with E-state index in [1.165, 1.54) is 12.8 Å². The number of aliphatic hydroxyl groups is 1. The van der Waals surface area contributed by atoms with Gasteiger partial charge in [0.15, 0.2) is 0 Å². The van der Waals surface area contributed by atoms with Gasteiger partial charge in [-0.3, -0.25) is 9.69 Å². The number of hydrogen-bond donors (Lipinski definition) is 2. The van der Waals surface area contributed by atoms with Gasteiger partial charge in [0.05, 0.1) is 6.10 Å². The smallest absolute Gasteiger partial charge is 0.222 e. The maximum absolute atomic E-state index is 12.4. The molecule has 5 heteroatoms. The monoisotopic (exact) mass is 297 g/mol. The summed E-state index contributed by atoms with van der Waals surface area (Å²) in [7, 11) is 0. The summed E-state index contributed by atoms with van der Waals surface area (Å²) >= 11 is 0. The molecule has 5 nitrogen and oxygen atoms in total. The molecule has 2 rings (SSSR count). The number of nitrogens with zero attached hydrogens (tertiary/aromatic N) is 2. The van der Waals surface area contributed by atoms with Gasteiger partial charge >= 0.3 is 0 Å². The summed E-state index contributed by atoms with van der Waals surface area (Å²) in [5, 5.41) is 12.9. The summed E-state index contributed by atoms with van der Waals surface area (Å²) in [4.78, 5) is 16.7. The minimum absolute atomic E-state index is 0.297. The van der Waals surface area contributed by atoms with Gasteiger partial charge in [-0.25, -0.2) is 0 Å². The van der Waals surface area contributed by atoms with Crippen LogP contribution in [0.1, 0.15) is 39.5 Å². The summed E-state index contributed by atoms with van der Waals surface area (Å²) in [5.41, 5.74) is 0. The van der Waals surface area contributed by atoms with Crippen LogP contribution in [0.3, 0.4) is 0 Å². The number of carbonyl (C=O) groups is 1. The average molecular weight is 297 g/mol. The minimum atomic E-state index is -0.297. The lowest BCUT2D eigenvalue weighted by atomic mass is 9.93. The summed E-state index contributed by atoms with van der Waals surface area (Å²) in [5.74, 6) is 1.04. The second kappa shape index (κ2) is 8.11. The van der Waals surface area contributed by atoms with Crippen molar-refractivity contribution in [2.45, 2.75) is 51.7 Å². The van der Waals surface area contributed by atoms with Crippen molar-refractivity contribution in [1.29, 1.82) is 0 Å². The fraction of sp³-hybridized carbons (Fsp3) is 0.938. The Morgan fingerprint density at radius 3 is 2.67 bits per heavy atom. The van der Waals surface area contributed by atoms with E-state index >= 15 is 0 Å². The molecule has 2 heterocycles. The van der Waals surface area contributed by atoms with Gasteiger partial charge in [0.25, 0.3) is 0 Å². The number of hydrogen-bond acceptors (Lipinski definition) is 4. The third kappa shape index (κ3) is 5.24. The zero-order chi connectivity index (χ0) is 15.2. The van der Waals surface area contributed by atoms with Crippen LogP contribution in [-0.4, -0.2) is 72.2 Å². The summed E-state index contributed by atoms with van der Waals surface area (Å²) in [6.07, 6.45) is 3.88. The lowest BCUT2D eigenvalue weighted by molar-refractivity contribution is -0.134. The Morgan fingerprint density at radius 2 is 2.05 bits per heavy atom. The third-order valence-electron chi connectivity index (χ3n) is 4.84. The largest absolute Gasteiger partial charge is 0.392 e. The molecule has 2 unspecified atom stereocenters. The molecule has 2 fully saturated rings. The van der Waals surface area contributed by atoms with E-state index in [0.29, 0.717) is 24.9 Å². The van der Waals surface area contributed by atoms with Gasteiger partial charge in [0.2, 0.25) is 5.91 Å². The number of piperazine rings is 1. The van der Waals surface area contributed by atoms with Crippen LogP contribution in [0.4, 0.5) is 0 Å². The first-order valence-electron chi connectivity index (χ1n) is 8.47. The van der Waals surface area contributed by atoms with Gasteiger partial charge in [-0.1, -0.05) is 0 Å². The molecule has 0 aliphatic carbocycles. The van der Waals surface area contributed by atoms with E-state index in [1.54, 1.807) is 0 Å². The Labute approximate surface area is 128 Å². The van der Waals surface area contributed by atoms with Crippen molar-refractivity contribution < 1.29 is 9.90 Å². The van der Waals surface area contributed by atoms with Gasteiger partial charge in [-0.05, 0) is 52.1 Å². The van der Waals surface area contributed by atoms with Crippen molar-refractivity contribution in [2.24, 2.45) is 5.92 Å². The molecule has 122 valence electrons. The zero-order valence-electron chi connectivity index (χ0n) is 13.6. The predicted octanol–water partition coefficient (Wildman–Crippen LogP) is 0.680. The molecule has 2 saturated heterocycles. The van der Waals surface area contributed by atoms with Gasteiger partial charge in [-0.15, -0.1) is 0 Å². The number of carbonyl (C=O) groups excluding carboxylic acids is 1. The maximum Gasteiger partial charge on any atom is 0.222 e. The van der Waals surface area contributed by atoms with Crippen LogP contribution in [0, 0.1) is 5.92 Å². The fourth-order valence-electron chi connectivity index (χ4n) is 3.49. The van der Waals surface area contributed by atoms with E-state index in [-0.39, 0.29) is 6.10 Å². The number of aliphatic hydroxyl groups excluding tert-OH is 1. The molecule has 0 aromatic heterocycles. The Kier molecular flexibility index (Phi) is 6.45. The lowest BCUT2D eigenvalue weighted by Crippen LogP contribution is -2.54. The molecule has 21 heavy (non-hydrogen) atoms. The standard InChI is InChI=1S/C16H31N3O2/c1-13-11-19(10-9-18(13)12-14(2)20)16(21)4-3-15-5-7-17-8-6-15/h13-15,17,20H,3-12H2,1-2H3. The minimum Gasteiger partial charge on any atom is -0.392 e. The predicted molar refractivity (Wildman–Crippen MR) is 84.1 cm³/mol. The third-order valence-corrected chi connectivity index (χ3v) is 4.84. The molecule has 0 aromatic rings. The molecule has 2 atom stereocenters. The summed E-state index contributed by atoms with van der Waals surface area (Å²) in [6.45, 7) is 9.38. The van der Waals surface area contributed by atoms with E-state index in [2.05, 4.69) is 17.1 Å². The normalized spacial score (nSPS) is 26.8. The Hall–Kier alpha value is -0.650. The SMILES string of the molecule is CC(O)CN1CCN(C(=O)CCC2CCNCC2)CC1C. The highest BCUT2D eigenvalue weighted by Crippen LogP contribution is 2.19. The number of amides is 1. The van der Waals surface area contributed by atoms with E-state index in [9.17, 15) is 9.90 Å². The fourth-order valence-corrected chi connectivity index (χ4v) is 3.49. The van der Waals surface area contributed by atoms with Crippen molar-refractivity contribution in [2.75, 3.05) is 39.3 Å². The first kappa shape index (κ1) is 16.7. The molecule has 1 amide bonds. The van der Waals surface area contributed by atoms with Crippen LogP contribution in [0.5, 0.6) is 0 Å². The first-order valence-corrected chi connectivity index (χ1v) is 8.47. The maximum atomic E-state index is 12.4. The molecule has 0 spiro atoms. The molecule has 0 bridgehead atoms. The van der Waals surface area contributed by atoms with E-state index in [4.69, 9.17) is 0 Å². The van der Waals surface area contributed by atoms with Crippen molar-refractivity contribution >= 4 is 5.91 Å². The van der Waals surface area contributed by atoms with Gasteiger partial charge < -0.3 is 15.3 Å².